The van der Waals surface area contributed by atoms with Crippen LogP contribution < -0.4 is 11.5 Å². The van der Waals surface area contributed by atoms with E-state index in [1.54, 1.807) is 11.8 Å². The average molecular weight is 320 g/mol. The van der Waals surface area contributed by atoms with Crippen LogP contribution in [-0.4, -0.2) is 25.1 Å². The van der Waals surface area contributed by atoms with Crippen molar-refractivity contribution in [2.75, 3.05) is 11.5 Å². The van der Waals surface area contributed by atoms with Crippen molar-refractivity contribution in [2.45, 2.75) is 10.6 Å². The van der Waals surface area contributed by atoms with Crippen molar-refractivity contribution in [3.63, 3.8) is 0 Å². The summed E-state index contributed by atoms with van der Waals surface area (Å²) in [6.07, 6.45) is 0. The van der Waals surface area contributed by atoms with E-state index in [1.165, 1.54) is 0 Å². The van der Waals surface area contributed by atoms with E-state index in [2.05, 4.69) is 25.1 Å². The van der Waals surface area contributed by atoms with Crippen molar-refractivity contribution in [1.82, 2.24) is 25.1 Å². The van der Waals surface area contributed by atoms with Gasteiger partial charge in [0.2, 0.25) is 11.6 Å². The number of benzene rings is 1. The molecule has 1 aromatic carbocycles. The molecular formula is C12H10ClN7S. The van der Waals surface area contributed by atoms with E-state index in [-0.39, 0.29) is 11.8 Å². The summed E-state index contributed by atoms with van der Waals surface area (Å²) in [4.78, 5) is 13.2. The Morgan fingerprint density at radius 3 is 2.52 bits per heavy atom. The minimum Gasteiger partial charge on any atom is -0.382 e. The highest BCUT2D eigenvalue weighted by Crippen LogP contribution is 2.23. The lowest BCUT2D eigenvalue weighted by Crippen LogP contribution is -2.06. The van der Waals surface area contributed by atoms with Gasteiger partial charge in [0.15, 0.2) is 17.2 Å². The van der Waals surface area contributed by atoms with E-state index >= 15 is 0 Å². The maximum Gasteiger partial charge on any atom is 0.224 e. The van der Waals surface area contributed by atoms with Crippen LogP contribution in [0.25, 0.3) is 11.2 Å². The number of hydrogen-bond acceptors (Lipinski definition) is 8. The van der Waals surface area contributed by atoms with Crippen molar-refractivity contribution in [3.05, 3.63) is 35.1 Å². The number of fused-ring (bicyclic) bond motifs is 1. The summed E-state index contributed by atoms with van der Waals surface area (Å²) < 4.78 is 0. The summed E-state index contributed by atoms with van der Waals surface area (Å²) in [5, 5.41) is 8.68. The Labute approximate surface area is 129 Å². The number of nitrogens with two attached hydrogens (primary N) is 2. The number of nitrogen functional groups attached to an aromatic ring is 2. The predicted octanol–water partition coefficient (Wildman–Crippen LogP) is 1.92. The summed E-state index contributed by atoms with van der Waals surface area (Å²) in [6, 6.07) is 7.52. The monoisotopic (exact) mass is 319 g/mol. The molecule has 9 heteroatoms. The third-order valence-electron chi connectivity index (χ3n) is 2.59. The molecule has 3 aromatic rings. The van der Waals surface area contributed by atoms with Crippen molar-refractivity contribution in [3.8, 4) is 0 Å². The molecule has 0 unspecified atom stereocenters. The van der Waals surface area contributed by atoms with Crippen LogP contribution in [0.5, 0.6) is 0 Å². The predicted molar refractivity (Wildman–Crippen MR) is 82.8 cm³/mol. The fraction of sp³-hybridized carbons (Fsp3) is 0.0833. The molecule has 0 saturated carbocycles. The first-order valence-corrected chi connectivity index (χ1v) is 7.29. The summed E-state index contributed by atoms with van der Waals surface area (Å²) in [5.41, 5.74) is 12.0. The summed E-state index contributed by atoms with van der Waals surface area (Å²) in [5.74, 6) is 1.35. The molecule has 0 atom stereocenters. The van der Waals surface area contributed by atoms with Crippen molar-refractivity contribution in [1.29, 1.82) is 0 Å². The molecule has 106 valence electrons. The van der Waals surface area contributed by atoms with Crippen LogP contribution in [0.3, 0.4) is 0 Å². The zero-order valence-corrected chi connectivity index (χ0v) is 12.3. The molecule has 7 nitrogen and oxygen atoms in total. The lowest BCUT2D eigenvalue weighted by molar-refractivity contribution is 0.924. The molecule has 0 aliphatic rings. The zero-order valence-electron chi connectivity index (χ0n) is 10.7. The molecule has 4 N–H and O–H groups in total. The Morgan fingerprint density at radius 1 is 1.00 bits per heavy atom. The van der Waals surface area contributed by atoms with Gasteiger partial charge in [0, 0.05) is 9.92 Å². The number of nitrogens with zero attached hydrogens (tertiary/aromatic N) is 5. The number of halogens is 1. The normalized spacial score (nSPS) is 10.9. The molecule has 0 bridgehead atoms. The second kappa shape index (κ2) is 5.66. The minimum atomic E-state index is 0.0550. The molecule has 0 spiro atoms. The molecule has 21 heavy (non-hydrogen) atoms. The summed E-state index contributed by atoms with van der Waals surface area (Å²) >= 11 is 7.41. The Kier molecular flexibility index (Phi) is 3.72. The van der Waals surface area contributed by atoms with Crippen LogP contribution in [0.4, 0.5) is 11.8 Å². The molecule has 0 amide bonds. The average Bonchev–Trinajstić information content (AvgIpc) is 2.47. The van der Waals surface area contributed by atoms with Crippen molar-refractivity contribution >= 4 is 46.3 Å². The highest BCUT2D eigenvalue weighted by molar-refractivity contribution is 7.98. The highest BCUT2D eigenvalue weighted by Gasteiger charge is 2.09. The lowest BCUT2D eigenvalue weighted by Gasteiger charge is -2.03. The molecule has 0 saturated heterocycles. The van der Waals surface area contributed by atoms with Gasteiger partial charge < -0.3 is 11.5 Å². The SMILES string of the molecule is Nc1nc(N)c2nc(CSc3ccc(Cl)cc3)nnc2n1. The fourth-order valence-corrected chi connectivity index (χ4v) is 2.52. The van der Waals surface area contributed by atoms with Gasteiger partial charge in [-0.05, 0) is 24.3 Å². The first kappa shape index (κ1) is 13.8. The van der Waals surface area contributed by atoms with Crippen LogP contribution in [-0.2, 0) is 5.75 Å². The number of anilines is 2. The van der Waals surface area contributed by atoms with E-state index in [0.29, 0.717) is 27.8 Å². The van der Waals surface area contributed by atoms with Gasteiger partial charge in [-0.2, -0.15) is 9.97 Å². The van der Waals surface area contributed by atoms with Gasteiger partial charge in [-0.3, -0.25) is 0 Å². The maximum absolute atomic E-state index is 5.84. The second-order valence-electron chi connectivity index (χ2n) is 4.11. The Bertz CT molecular complexity index is 793. The first-order valence-electron chi connectivity index (χ1n) is 5.92. The van der Waals surface area contributed by atoms with Gasteiger partial charge in [-0.15, -0.1) is 22.0 Å². The number of thioether (sulfide) groups is 1. The molecule has 0 aliphatic carbocycles. The van der Waals surface area contributed by atoms with Gasteiger partial charge in [-0.1, -0.05) is 11.6 Å². The van der Waals surface area contributed by atoms with Gasteiger partial charge in [-0.25, -0.2) is 4.98 Å². The molecule has 2 aromatic heterocycles. The number of hydrogen-bond donors (Lipinski definition) is 2. The summed E-state index contributed by atoms with van der Waals surface area (Å²) in [7, 11) is 0. The third kappa shape index (κ3) is 3.11. The van der Waals surface area contributed by atoms with Crippen LogP contribution in [0.15, 0.2) is 29.2 Å². The molecule has 0 aliphatic heterocycles. The van der Waals surface area contributed by atoms with E-state index < -0.39 is 0 Å². The highest BCUT2D eigenvalue weighted by atomic mass is 35.5. The molecule has 0 fully saturated rings. The van der Waals surface area contributed by atoms with Crippen LogP contribution in [0.2, 0.25) is 5.02 Å². The minimum absolute atomic E-state index is 0.0550. The first-order chi connectivity index (χ1) is 10.1. The van der Waals surface area contributed by atoms with E-state index in [1.807, 2.05) is 24.3 Å². The topological polar surface area (TPSA) is 116 Å². The van der Waals surface area contributed by atoms with E-state index in [9.17, 15) is 0 Å². The second-order valence-corrected chi connectivity index (χ2v) is 5.60. The Balaban J connectivity index is 1.83. The van der Waals surface area contributed by atoms with Gasteiger partial charge in [0.05, 0.1) is 5.75 Å². The maximum atomic E-state index is 5.84. The van der Waals surface area contributed by atoms with Crippen LogP contribution >= 0.6 is 23.4 Å². The smallest absolute Gasteiger partial charge is 0.224 e. The summed E-state index contributed by atoms with van der Waals surface area (Å²) in [6.45, 7) is 0. The molecule has 0 radical (unpaired) electrons. The van der Waals surface area contributed by atoms with Gasteiger partial charge >= 0.3 is 0 Å². The number of aromatic nitrogens is 5. The Morgan fingerprint density at radius 2 is 1.76 bits per heavy atom. The zero-order chi connectivity index (χ0) is 14.8. The van der Waals surface area contributed by atoms with Gasteiger partial charge in [0.25, 0.3) is 0 Å². The largest absolute Gasteiger partial charge is 0.382 e. The third-order valence-corrected chi connectivity index (χ3v) is 3.85. The van der Waals surface area contributed by atoms with Gasteiger partial charge in [0.1, 0.15) is 0 Å². The molecule has 3 rings (SSSR count). The quantitative estimate of drug-likeness (QED) is 0.703. The van der Waals surface area contributed by atoms with Crippen molar-refractivity contribution in [2.24, 2.45) is 0 Å². The van der Waals surface area contributed by atoms with Crippen LogP contribution in [0.1, 0.15) is 5.82 Å². The molecular weight excluding hydrogens is 310 g/mol. The molecule has 2 heterocycles. The van der Waals surface area contributed by atoms with E-state index in [4.69, 9.17) is 23.1 Å². The lowest BCUT2D eigenvalue weighted by atomic mass is 10.4. The number of rotatable bonds is 3. The van der Waals surface area contributed by atoms with Crippen molar-refractivity contribution < 1.29 is 0 Å². The Hall–Kier alpha value is -2.19. The van der Waals surface area contributed by atoms with Crippen LogP contribution in [0, 0.1) is 0 Å². The van der Waals surface area contributed by atoms with E-state index in [0.717, 1.165) is 4.90 Å². The standard InChI is InChI=1S/C12H10ClN7S/c13-6-1-3-7(4-2-6)21-5-8-16-9-10(14)17-12(15)18-11(9)20-19-8/h1-4H,5H2,(H4,14,15,17,18,20). The fourth-order valence-electron chi connectivity index (χ4n) is 1.65.